The van der Waals surface area contributed by atoms with Crippen LogP contribution in [-0.4, -0.2) is 28.4 Å². The van der Waals surface area contributed by atoms with Gasteiger partial charge in [0, 0.05) is 29.6 Å². The zero-order valence-electron chi connectivity index (χ0n) is 4.59. The van der Waals surface area contributed by atoms with E-state index in [9.17, 15) is 4.21 Å². The van der Waals surface area contributed by atoms with E-state index in [0.29, 0.717) is 12.3 Å². The molecule has 8 heavy (non-hydrogen) atoms. The molecule has 0 bridgehead atoms. The second-order valence-electron chi connectivity index (χ2n) is 1.83. The standard InChI is InChI=1S/C4H10N2OS/c5-4-3-6-1-2-8(4)7/h4,6H,1-3,5H2. The number of hydrogen-bond donors (Lipinski definition) is 2. The summed E-state index contributed by atoms with van der Waals surface area (Å²) in [5, 5.41) is 2.91. The fourth-order valence-corrected chi connectivity index (χ4v) is 1.61. The Balaban J connectivity index is 2.39. The maximum atomic E-state index is 10.7. The second-order valence-corrected chi connectivity index (χ2v) is 3.60. The van der Waals surface area contributed by atoms with E-state index in [1.807, 2.05) is 0 Å². The van der Waals surface area contributed by atoms with E-state index >= 15 is 0 Å². The Bertz CT molecular complexity index is 106. The second kappa shape index (κ2) is 2.57. The minimum absolute atomic E-state index is 0.135. The largest absolute Gasteiger partial charge is 0.316 e. The Morgan fingerprint density at radius 3 is 2.88 bits per heavy atom. The fraction of sp³-hybridized carbons (Fsp3) is 1.00. The first-order valence-corrected chi connectivity index (χ1v) is 4.02. The van der Waals surface area contributed by atoms with Crippen molar-refractivity contribution in [3.8, 4) is 0 Å². The van der Waals surface area contributed by atoms with Gasteiger partial charge in [-0.25, -0.2) is 0 Å². The first kappa shape index (κ1) is 6.19. The SMILES string of the molecule is NC1CNCCS1=O. The van der Waals surface area contributed by atoms with Crippen molar-refractivity contribution in [3.63, 3.8) is 0 Å². The van der Waals surface area contributed by atoms with Gasteiger partial charge in [0.05, 0.1) is 5.37 Å². The highest BCUT2D eigenvalue weighted by molar-refractivity contribution is 7.85. The van der Waals surface area contributed by atoms with Crippen molar-refractivity contribution in [3.05, 3.63) is 0 Å². The Kier molecular flexibility index (Phi) is 1.99. The van der Waals surface area contributed by atoms with Gasteiger partial charge < -0.3 is 11.1 Å². The van der Waals surface area contributed by atoms with Crippen LogP contribution in [0.3, 0.4) is 0 Å². The first-order valence-electron chi connectivity index (χ1n) is 2.64. The van der Waals surface area contributed by atoms with Crippen molar-refractivity contribution < 1.29 is 4.21 Å². The lowest BCUT2D eigenvalue weighted by molar-refractivity contribution is 0.621. The summed E-state index contributed by atoms with van der Waals surface area (Å²) >= 11 is 0. The fourth-order valence-electron chi connectivity index (χ4n) is 0.661. The molecule has 1 aliphatic rings. The predicted octanol–water partition coefficient (Wildman–Crippen LogP) is -1.38. The van der Waals surface area contributed by atoms with E-state index in [0.717, 1.165) is 6.54 Å². The van der Waals surface area contributed by atoms with E-state index < -0.39 is 10.8 Å². The van der Waals surface area contributed by atoms with Crippen LogP contribution in [0.4, 0.5) is 0 Å². The molecular formula is C4H10N2OS. The van der Waals surface area contributed by atoms with Crippen LogP contribution in [0.1, 0.15) is 0 Å². The van der Waals surface area contributed by atoms with Crippen LogP contribution in [0.25, 0.3) is 0 Å². The van der Waals surface area contributed by atoms with Crippen LogP contribution in [-0.2, 0) is 10.8 Å². The van der Waals surface area contributed by atoms with E-state index in [-0.39, 0.29) is 5.37 Å². The average molecular weight is 134 g/mol. The minimum Gasteiger partial charge on any atom is -0.316 e. The van der Waals surface area contributed by atoms with Crippen LogP contribution in [0.2, 0.25) is 0 Å². The predicted molar refractivity (Wildman–Crippen MR) is 33.9 cm³/mol. The molecule has 0 aromatic rings. The molecule has 1 aliphatic heterocycles. The molecule has 0 aromatic carbocycles. The molecule has 1 fully saturated rings. The third kappa shape index (κ3) is 1.27. The van der Waals surface area contributed by atoms with Crippen molar-refractivity contribution in [1.82, 2.24) is 5.32 Å². The van der Waals surface area contributed by atoms with Crippen molar-refractivity contribution in [2.45, 2.75) is 5.37 Å². The maximum Gasteiger partial charge on any atom is 0.0936 e. The lowest BCUT2D eigenvalue weighted by atomic mass is 10.6. The van der Waals surface area contributed by atoms with Crippen molar-refractivity contribution in [2.24, 2.45) is 5.73 Å². The summed E-state index contributed by atoms with van der Waals surface area (Å²) in [7, 11) is -0.770. The monoisotopic (exact) mass is 134 g/mol. The van der Waals surface area contributed by atoms with Crippen LogP contribution in [0, 0.1) is 0 Å². The molecule has 2 atom stereocenters. The van der Waals surface area contributed by atoms with Crippen molar-refractivity contribution in [2.75, 3.05) is 18.8 Å². The number of hydrogen-bond acceptors (Lipinski definition) is 3. The van der Waals surface area contributed by atoms with Gasteiger partial charge >= 0.3 is 0 Å². The lowest BCUT2D eigenvalue weighted by Gasteiger charge is -2.17. The number of rotatable bonds is 0. The third-order valence-corrected chi connectivity index (χ3v) is 2.61. The Morgan fingerprint density at radius 1 is 1.75 bits per heavy atom. The Hall–Kier alpha value is 0.0700. The van der Waals surface area contributed by atoms with Gasteiger partial charge in [0.15, 0.2) is 0 Å². The highest BCUT2D eigenvalue weighted by Crippen LogP contribution is 1.91. The molecule has 3 N–H and O–H groups in total. The molecule has 0 aliphatic carbocycles. The van der Waals surface area contributed by atoms with Gasteiger partial charge in [-0.3, -0.25) is 4.21 Å². The molecule has 0 aromatic heterocycles. The zero-order chi connectivity index (χ0) is 5.98. The van der Waals surface area contributed by atoms with Crippen molar-refractivity contribution in [1.29, 1.82) is 0 Å². The highest BCUT2D eigenvalue weighted by Gasteiger charge is 2.14. The summed E-state index contributed by atoms with van der Waals surface area (Å²) in [6, 6.07) is 0. The van der Waals surface area contributed by atoms with Gasteiger partial charge in [-0.2, -0.15) is 0 Å². The van der Waals surface area contributed by atoms with Gasteiger partial charge in [0.25, 0.3) is 0 Å². The molecule has 1 heterocycles. The topological polar surface area (TPSA) is 55.1 Å². The molecule has 0 spiro atoms. The van der Waals surface area contributed by atoms with E-state index in [4.69, 9.17) is 5.73 Å². The Morgan fingerprint density at radius 2 is 2.50 bits per heavy atom. The van der Waals surface area contributed by atoms with Crippen LogP contribution < -0.4 is 11.1 Å². The molecule has 48 valence electrons. The van der Waals surface area contributed by atoms with Crippen LogP contribution >= 0.6 is 0 Å². The minimum atomic E-state index is -0.770. The number of nitrogens with two attached hydrogens (primary N) is 1. The molecule has 1 saturated heterocycles. The van der Waals surface area contributed by atoms with Gasteiger partial charge in [0.2, 0.25) is 0 Å². The molecular weight excluding hydrogens is 124 g/mol. The molecule has 0 amide bonds. The van der Waals surface area contributed by atoms with Crippen molar-refractivity contribution >= 4 is 10.8 Å². The molecule has 2 unspecified atom stereocenters. The summed E-state index contributed by atoms with van der Waals surface area (Å²) in [6.45, 7) is 1.55. The molecule has 0 radical (unpaired) electrons. The maximum absolute atomic E-state index is 10.7. The van der Waals surface area contributed by atoms with Gasteiger partial charge in [-0.15, -0.1) is 0 Å². The van der Waals surface area contributed by atoms with E-state index in [1.54, 1.807) is 0 Å². The number of nitrogens with one attached hydrogen (secondary N) is 1. The average Bonchev–Trinajstić information content (AvgIpc) is 1.77. The molecule has 1 rings (SSSR count). The summed E-state index contributed by atoms with van der Waals surface area (Å²) in [5.74, 6) is 0.709. The van der Waals surface area contributed by atoms with Crippen LogP contribution in [0.15, 0.2) is 0 Å². The first-order chi connectivity index (χ1) is 3.80. The van der Waals surface area contributed by atoms with E-state index in [1.165, 1.54) is 0 Å². The summed E-state index contributed by atoms with van der Waals surface area (Å²) in [5.41, 5.74) is 5.42. The van der Waals surface area contributed by atoms with Crippen LogP contribution in [0.5, 0.6) is 0 Å². The van der Waals surface area contributed by atoms with E-state index in [2.05, 4.69) is 5.32 Å². The molecule has 3 nitrogen and oxygen atoms in total. The smallest absolute Gasteiger partial charge is 0.0936 e. The normalized spacial score (nSPS) is 39.6. The highest BCUT2D eigenvalue weighted by atomic mass is 32.2. The quantitative estimate of drug-likeness (QED) is 0.429. The van der Waals surface area contributed by atoms with Gasteiger partial charge in [0.1, 0.15) is 0 Å². The molecule has 0 saturated carbocycles. The van der Waals surface area contributed by atoms with Gasteiger partial charge in [-0.1, -0.05) is 0 Å². The third-order valence-electron chi connectivity index (χ3n) is 1.16. The molecule has 4 heteroatoms. The summed E-state index contributed by atoms with van der Waals surface area (Å²) in [6.07, 6.45) is 0. The zero-order valence-corrected chi connectivity index (χ0v) is 5.41. The van der Waals surface area contributed by atoms with Gasteiger partial charge in [-0.05, 0) is 0 Å². The summed E-state index contributed by atoms with van der Waals surface area (Å²) < 4.78 is 10.7. The summed E-state index contributed by atoms with van der Waals surface area (Å²) in [4.78, 5) is 0. The Labute approximate surface area is 51.1 Å². The lowest BCUT2D eigenvalue weighted by Crippen LogP contribution is -2.45.